The first-order valence-electron chi connectivity index (χ1n) is 9.18. The molecule has 4 aromatic rings. The lowest BCUT2D eigenvalue weighted by Gasteiger charge is -2.18. The van der Waals surface area contributed by atoms with E-state index >= 15 is 0 Å². The van der Waals surface area contributed by atoms with E-state index in [0.717, 1.165) is 12.3 Å². The molecule has 0 aromatic carbocycles. The van der Waals surface area contributed by atoms with Crippen molar-refractivity contribution in [1.29, 1.82) is 0 Å². The second kappa shape index (κ2) is 7.27. The molecule has 0 spiro atoms. The zero-order valence-corrected chi connectivity index (χ0v) is 16.5. The van der Waals surface area contributed by atoms with Crippen molar-refractivity contribution >= 4 is 10.9 Å². The van der Waals surface area contributed by atoms with Gasteiger partial charge in [-0.15, -0.1) is 0 Å². The number of alkyl halides is 3. The molecule has 0 aliphatic rings. The van der Waals surface area contributed by atoms with Crippen molar-refractivity contribution in [1.82, 2.24) is 29.7 Å². The Bertz CT molecular complexity index is 1290. The van der Waals surface area contributed by atoms with Crippen molar-refractivity contribution in [2.75, 3.05) is 0 Å². The van der Waals surface area contributed by atoms with Crippen LogP contribution < -0.4 is 5.56 Å². The van der Waals surface area contributed by atoms with Gasteiger partial charge < -0.3 is 5.11 Å². The first kappa shape index (κ1) is 20.7. The molecule has 4 rings (SSSR count). The molecule has 0 fully saturated rings. The third-order valence-electron chi connectivity index (χ3n) is 4.49. The summed E-state index contributed by atoms with van der Waals surface area (Å²) in [5, 5.41) is 16.8. The van der Waals surface area contributed by atoms with Gasteiger partial charge in [0.25, 0.3) is 5.56 Å². The number of rotatable bonds is 4. The number of H-pyrrole nitrogens is 1. The summed E-state index contributed by atoms with van der Waals surface area (Å²) >= 11 is 0. The predicted molar refractivity (Wildman–Crippen MR) is 106 cm³/mol. The molecule has 11 heteroatoms. The molecule has 0 atom stereocenters. The summed E-state index contributed by atoms with van der Waals surface area (Å²) in [5.74, 6) is 0. The minimum absolute atomic E-state index is 0.00923. The van der Waals surface area contributed by atoms with Crippen molar-refractivity contribution in [2.45, 2.75) is 32.2 Å². The molecule has 2 N–H and O–H groups in total. The van der Waals surface area contributed by atoms with E-state index in [1.165, 1.54) is 29.2 Å². The number of aromatic nitrogens is 6. The second-order valence-corrected chi connectivity index (χ2v) is 7.66. The summed E-state index contributed by atoms with van der Waals surface area (Å²) in [4.78, 5) is 25.4. The fourth-order valence-electron chi connectivity index (χ4n) is 3.14. The molecule has 4 heterocycles. The van der Waals surface area contributed by atoms with E-state index in [9.17, 15) is 23.1 Å². The van der Waals surface area contributed by atoms with Crippen LogP contribution in [0.15, 0.2) is 47.9 Å². The van der Waals surface area contributed by atoms with E-state index in [0.29, 0.717) is 22.3 Å². The lowest BCUT2D eigenvalue weighted by molar-refractivity contribution is -0.141. The van der Waals surface area contributed by atoms with Gasteiger partial charge in [0.1, 0.15) is 16.9 Å². The number of aliphatic hydroxyl groups is 1. The van der Waals surface area contributed by atoms with E-state index in [1.54, 1.807) is 20.0 Å². The highest BCUT2D eigenvalue weighted by Crippen LogP contribution is 2.31. The largest absolute Gasteiger partial charge is 0.433 e. The molecule has 0 aliphatic heterocycles. The summed E-state index contributed by atoms with van der Waals surface area (Å²) in [6.07, 6.45) is 0.891. The normalized spacial score (nSPS) is 12.5. The van der Waals surface area contributed by atoms with E-state index in [-0.39, 0.29) is 17.6 Å². The quantitative estimate of drug-likeness (QED) is 0.515. The summed E-state index contributed by atoms with van der Waals surface area (Å²) in [5.41, 5.74) is -0.835. The minimum Gasteiger partial charge on any atom is -0.389 e. The van der Waals surface area contributed by atoms with Crippen LogP contribution in [0.5, 0.6) is 0 Å². The average Bonchev–Trinajstić information content (AvgIpc) is 3.23. The van der Waals surface area contributed by atoms with Crippen molar-refractivity contribution in [2.24, 2.45) is 0 Å². The molecule has 0 amide bonds. The minimum atomic E-state index is -4.56. The predicted octanol–water partition coefficient (Wildman–Crippen LogP) is 3.03. The van der Waals surface area contributed by atoms with Gasteiger partial charge in [0.15, 0.2) is 0 Å². The van der Waals surface area contributed by atoms with Gasteiger partial charge in [0.2, 0.25) is 0 Å². The molecular formula is C20H17F3N6O2. The molecule has 0 saturated heterocycles. The van der Waals surface area contributed by atoms with Gasteiger partial charge in [-0.05, 0) is 32.0 Å². The van der Waals surface area contributed by atoms with Crippen LogP contribution in [0.3, 0.4) is 0 Å². The molecular weight excluding hydrogens is 413 g/mol. The number of fused-ring (bicyclic) bond motifs is 1. The average molecular weight is 430 g/mol. The number of aromatic amines is 1. The molecule has 8 nitrogen and oxygen atoms in total. The number of nitrogens with one attached hydrogen (secondary N) is 1. The fraction of sp³-hybridized carbons (Fsp3) is 0.250. The van der Waals surface area contributed by atoms with Gasteiger partial charge in [0.05, 0.1) is 35.8 Å². The first-order valence-corrected chi connectivity index (χ1v) is 9.18. The highest BCUT2D eigenvalue weighted by molar-refractivity contribution is 5.93. The summed E-state index contributed by atoms with van der Waals surface area (Å²) in [7, 11) is 0. The Kier molecular flexibility index (Phi) is 4.85. The van der Waals surface area contributed by atoms with E-state index in [4.69, 9.17) is 0 Å². The highest BCUT2D eigenvalue weighted by Gasteiger charge is 2.32. The van der Waals surface area contributed by atoms with Crippen molar-refractivity contribution in [3.63, 3.8) is 0 Å². The van der Waals surface area contributed by atoms with Gasteiger partial charge in [-0.2, -0.15) is 18.3 Å². The van der Waals surface area contributed by atoms with Crippen LogP contribution in [-0.4, -0.2) is 40.4 Å². The van der Waals surface area contributed by atoms with E-state index in [1.807, 2.05) is 0 Å². The SMILES string of the molecule is CC(C)(O)Cn1cnc2c(-c3cn[nH]c3)nc(-c3ccc(C(F)(F)F)nc3)cc2c1=O. The Morgan fingerprint density at radius 2 is 1.90 bits per heavy atom. The van der Waals surface area contributed by atoms with Crippen LogP contribution in [0.25, 0.3) is 33.4 Å². The van der Waals surface area contributed by atoms with Crippen LogP contribution in [0.1, 0.15) is 19.5 Å². The number of hydrogen-bond donors (Lipinski definition) is 2. The second-order valence-electron chi connectivity index (χ2n) is 7.66. The maximum absolute atomic E-state index is 13.1. The third-order valence-corrected chi connectivity index (χ3v) is 4.49. The van der Waals surface area contributed by atoms with Gasteiger partial charge in [0, 0.05) is 23.5 Å². The Labute approximate surface area is 173 Å². The van der Waals surface area contributed by atoms with Crippen LogP contribution in [0.4, 0.5) is 13.2 Å². The Morgan fingerprint density at radius 3 is 2.48 bits per heavy atom. The Balaban J connectivity index is 1.94. The monoisotopic (exact) mass is 430 g/mol. The highest BCUT2D eigenvalue weighted by atomic mass is 19.4. The van der Waals surface area contributed by atoms with Crippen molar-refractivity contribution in [3.05, 3.63) is 59.2 Å². The molecule has 0 unspecified atom stereocenters. The number of pyridine rings is 2. The number of nitrogens with zero attached hydrogens (tertiary/aromatic N) is 5. The van der Waals surface area contributed by atoms with Crippen molar-refractivity contribution in [3.8, 4) is 22.5 Å². The molecule has 31 heavy (non-hydrogen) atoms. The van der Waals surface area contributed by atoms with Crippen LogP contribution in [0, 0.1) is 0 Å². The smallest absolute Gasteiger partial charge is 0.389 e. The standard InChI is InChI=1S/C20H17F3N6O2/c1-19(2,31)9-29-10-25-17-13(18(29)30)5-14(28-16(17)12-7-26-27-8-12)11-3-4-15(24-6-11)20(21,22)23/h3-8,10,31H,9H2,1-2H3,(H,26,27). The maximum atomic E-state index is 13.1. The van der Waals surface area contributed by atoms with Crippen molar-refractivity contribution < 1.29 is 18.3 Å². The fourth-order valence-corrected chi connectivity index (χ4v) is 3.14. The maximum Gasteiger partial charge on any atom is 0.433 e. The molecule has 0 aliphatic carbocycles. The van der Waals surface area contributed by atoms with Gasteiger partial charge in [-0.1, -0.05) is 0 Å². The van der Waals surface area contributed by atoms with Crippen LogP contribution in [0.2, 0.25) is 0 Å². The van der Waals surface area contributed by atoms with Gasteiger partial charge in [-0.3, -0.25) is 19.4 Å². The number of hydrogen-bond acceptors (Lipinski definition) is 6. The summed E-state index contributed by atoms with van der Waals surface area (Å²) < 4.78 is 39.8. The Hall–Kier alpha value is -3.60. The first-order chi connectivity index (χ1) is 14.5. The van der Waals surface area contributed by atoms with E-state index in [2.05, 4.69) is 25.1 Å². The lowest BCUT2D eigenvalue weighted by Crippen LogP contribution is -2.33. The molecule has 0 saturated carbocycles. The number of halogens is 3. The summed E-state index contributed by atoms with van der Waals surface area (Å²) in [6, 6.07) is 3.56. The van der Waals surface area contributed by atoms with Crippen LogP contribution in [-0.2, 0) is 12.7 Å². The summed E-state index contributed by atoms with van der Waals surface area (Å²) in [6.45, 7) is 3.13. The van der Waals surface area contributed by atoms with Gasteiger partial charge in [-0.25, -0.2) is 9.97 Å². The topological polar surface area (TPSA) is 110 Å². The third kappa shape index (κ3) is 4.17. The van der Waals surface area contributed by atoms with Gasteiger partial charge >= 0.3 is 6.18 Å². The van der Waals surface area contributed by atoms with E-state index < -0.39 is 23.0 Å². The van der Waals surface area contributed by atoms with Crippen LogP contribution >= 0.6 is 0 Å². The Morgan fingerprint density at radius 1 is 1.13 bits per heavy atom. The molecule has 0 radical (unpaired) electrons. The zero-order valence-electron chi connectivity index (χ0n) is 16.5. The molecule has 160 valence electrons. The lowest BCUT2D eigenvalue weighted by atomic mass is 10.1. The molecule has 4 aromatic heterocycles. The molecule has 0 bridgehead atoms. The zero-order chi connectivity index (χ0) is 22.4.